The third-order valence-electron chi connectivity index (χ3n) is 3.27. The summed E-state index contributed by atoms with van der Waals surface area (Å²) in [5, 5.41) is 4.60. The first-order chi connectivity index (χ1) is 9.63. The van der Waals surface area contributed by atoms with Crippen LogP contribution in [0.4, 0.5) is 11.4 Å². The molecule has 0 aliphatic carbocycles. The second-order valence-corrected chi connectivity index (χ2v) is 5.46. The van der Waals surface area contributed by atoms with E-state index in [0.29, 0.717) is 0 Å². The van der Waals surface area contributed by atoms with Crippen molar-refractivity contribution in [2.24, 2.45) is 0 Å². The maximum Gasteiger partial charge on any atom is 0.0726 e. The average Bonchev–Trinajstić information content (AvgIpc) is 2.42. The van der Waals surface area contributed by atoms with Crippen LogP contribution in [0, 0.1) is 13.8 Å². The number of aromatic nitrogens is 1. The van der Waals surface area contributed by atoms with Crippen molar-refractivity contribution in [1.82, 2.24) is 4.98 Å². The van der Waals surface area contributed by atoms with Gasteiger partial charge in [0, 0.05) is 21.7 Å². The number of aryl methyl sites for hydroxylation is 2. The summed E-state index contributed by atoms with van der Waals surface area (Å²) in [7, 11) is 0. The van der Waals surface area contributed by atoms with Gasteiger partial charge in [0.1, 0.15) is 0 Å². The highest BCUT2D eigenvalue weighted by molar-refractivity contribution is 7.80. The normalized spacial score (nSPS) is 10.8. The van der Waals surface area contributed by atoms with Crippen molar-refractivity contribution in [3.8, 4) is 0 Å². The molecule has 20 heavy (non-hydrogen) atoms. The Morgan fingerprint density at radius 3 is 2.55 bits per heavy atom. The van der Waals surface area contributed by atoms with Gasteiger partial charge in [0.15, 0.2) is 0 Å². The maximum absolute atomic E-state index is 4.58. The second-order valence-electron chi connectivity index (χ2n) is 4.97. The topological polar surface area (TPSA) is 24.9 Å². The molecular weight excluding hydrogens is 264 g/mol. The predicted octanol–water partition coefficient (Wildman–Crippen LogP) is 4.88. The molecular formula is C17H16N2S. The lowest BCUT2D eigenvalue weighted by atomic mass is 10.1. The van der Waals surface area contributed by atoms with Crippen LogP contribution in [-0.2, 0) is 0 Å². The van der Waals surface area contributed by atoms with Crippen molar-refractivity contribution < 1.29 is 0 Å². The zero-order valence-electron chi connectivity index (χ0n) is 11.5. The number of para-hydroxylation sites is 1. The van der Waals surface area contributed by atoms with Crippen LogP contribution in [0.15, 0.2) is 53.4 Å². The van der Waals surface area contributed by atoms with E-state index in [1.807, 2.05) is 31.2 Å². The number of anilines is 2. The molecule has 2 nitrogen and oxygen atoms in total. The molecule has 1 aromatic heterocycles. The molecule has 0 amide bonds. The molecule has 3 aromatic rings. The SMILES string of the molecule is Cc1ccc2nc(C)cc(Nc3ccccc3S)c2c1. The van der Waals surface area contributed by atoms with Crippen molar-refractivity contribution >= 4 is 34.9 Å². The van der Waals surface area contributed by atoms with E-state index in [0.717, 1.165) is 32.9 Å². The summed E-state index contributed by atoms with van der Waals surface area (Å²) >= 11 is 4.49. The zero-order valence-corrected chi connectivity index (χ0v) is 12.4. The molecule has 1 N–H and O–H groups in total. The van der Waals surface area contributed by atoms with Gasteiger partial charge in [-0.25, -0.2) is 0 Å². The number of hydrogen-bond donors (Lipinski definition) is 2. The standard InChI is InChI=1S/C17H16N2S/c1-11-7-8-14-13(9-11)16(10-12(2)18-14)19-15-5-3-4-6-17(15)20/h3-10,20H,1-2H3,(H,18,19). The molecule has 3 heteroatoms. The smallest absolute Gasteiger partial charge is 0.0726 e. The van der Waals surface area contributed by atoms with Crippen molar-refractivity contribution in [3.63, 3.8) is 0 Å². The minimum Gasteiger partial charge on any atom is -0.354 e. The molecule has 1 heterocycles. The van der Waals surface area contributed by atoms with Crippen molar-refractivity contribution in [2.75, 3.05) is 5.32 Å². The maximum atomic E-state index is 4.58. The Labute approximate surface area is 124 Å². The molecule has 0 radical (unpaired) electrons. The summed E-state index contributed by atoms with van der Waals surface area (Å²) in [5.41, 5.74) is 5.31. The van der Waals surface area contributed by atoms with Gasteiger partial charge in [-0.1, -0.05) is 23.8 Å². The molecule has 0 atom stereocenters. The minimum absolute atomic E-state index is 0.933. The van der Waals surface area contributed by atoms with Crippen molar-refractivity contribution in [3.05, 3.63) is 59.8 Å². The first-order valence-corrected chi connectivity index (χ1v) is 7.01. The van der Waals surface area contributed by atoms with Gasteiger partial charge in [-0.2, -0.15) is 0 Å². The Morgan fingerprint density at radius 2 is 1.75 bits per heavy atom. The summed E-state index contributed by atoms with van der Waals surface area (Å²) < 4.78 is 0. The Balaban J connectivity index is 2.15. The molecule has 0 unspecified atom stereocenters. The van der Waals surface area contributed by atoms with Gasteiger partial charge in [-0.05, 0) is 44.2 Å². The molecule has 0 saturated carbocycles. The number of fused-ring (bicyclic) bond motifs is 1. The van der Waals surface area contributed by atoms with Crippen molar-refractivity contribution in [1.29, 1.82) is 0 Å². The Kier molecular flexibility index (Phi) is 3.36. The number of nitrogens with one attached hydrogen (secondary N) is 1. The summed E-state index contributed by atoms with van der Waals surface area (Å²) in [6, 6.07) is 16.4. The van der Waals surface area contributed by atoms with Crippen LogP contribution in [0.3, 0.4) is 0 Å². The van der Waals surface area contributed by atoms with E-state index in [4.69, 9.17) is 0 Å². The minimum atomic E-state index is 0.933. The van der Waals surface area contributed by atoms with Crippen LogP contribution >= 0.6 is 12.6 Å². The number of thiol groups is 1. The molecule has 2 aromatic carbocycles. The number of benzene rings is 2. The Hall–Kier alpha value is -2.00. The fraction of sp³-hybridized carbons (Fsp3) is 0.118. The number of hydrogen-bond acceptors (Lipinski definition) is 3. The predicted molar refractivity (Wildman–Crippen MR) is 88.2 cm³/mol. The first-order valence-electron chi connectivity index (χ1n) is 6.56. The average molecular weight is 280 g/mol. The van der Waals surface area contributed by atoms with Gasteiger partial charge in [-0.3, -0.25) is 4.98 Å². The summed E-state index contributed by atoms with van der Waals surface area (Å²) in [6.45, 7) is 4.10. The van der Waals surface area contributed by atoms with Gasteiger partial charge in [0.25, 0.3) is 0 Å². The number of nitrogens with zero attached hydrogens (tertiary/aromatic N) is 1. The summed E-state index contributed by atoms with van der Waals surface area (Å²) in [5.74, 6) is 0. The second kappa shape index (κ2) is 5.17. The Bertz CT molecular complexity index is 781. The van der Waals surface area contributed by atoms with E-state index >= 15 is 0 Å². The summed E-state index contributed by atoms with van der Waals surface area (Å²) in [6.07, 6.45) is 0. The Morgan fingerprint density at radius 1 is 0.950 bits per heavy atom. The van der Waals surface area contributed by atoms with E-state index in [1.54, 1.807) is 0 Å². The molecule has 0 aliphatic heterocycles. The lowest BCUT2D eigenvalue weighted by molar-refractivity contribution is 1.25. The largest absolute Gasteiger partial charge is 0.354 e. The number of rotatable bonds is 2. The van der Waals surface area contributed by atoms with Crippen LogP contribution in [0.5, 0.6) is 0 Å². The fourth-order valence-electron chi connectivity index (χ4n) is 2.30. The summed E-state index contributed by atoms with van der Waals surface area (Å²) in [4.78, 5) is 5.52. The van der Waals surface area contributed by atoms with Crippen LogP contribution < -0.4 is 5.32 Å². The third kappa shape index (κ3) is 2.49. The monoisotopic (exact) mass is 280 g/mol. The van der Waals surface area contributed by atoms with E-state index in [9.17, 15) is 0 Å². The lowest BCUT2D eigenvalue weighted by Gasteiger charge is -2.13. The molecule has 100 valence electrons. The van der Waals surface area contributed by atoms with Gasteiger partial charge in [-0.15, -0.1) is 12.6 Å². The van der Waals surface area contributed by atoms with E-state index in [-0.39, 0.29) is 0 Å². The fourth-order valence-corrected chi connectivity index (χ4v) is 2.52. The van der Waals surface area contributed by atoms with Crippen LogP contribution in [0.25, 0.3) is 10.9 Å². The highest BCUT2D eigenvalue weighted by atomic mass is 32.1. The molecule has 3 rings (SSSR count). The highest BCUT2D eigenvalue weighted by Gasteiger charge is 2.06. The molecule has 0 fully saturated rings. The molecule has 0 spiro atoms. The van der Waals surface area contributed by atoms with E-state index < -0.39 is 0 Å². The third-order valence-corrected chi connectivity index (χ3v) is 3.66. The lowest BCUT2D eigenvalue weighted by Crippen LogP contribution is -1.95. The molecule has 0 saturated heterocycles. The van der Waals surface area contributed by atoms with Crippen LogP contribution in [0.2, 0.25) is 0 Å². The first kappa shape index (κ1) is 13.0. The molecule has 0 aliphatic rings. The zero-order chi connectivity index (χ0) is 14.1. The highest BCUT2D eigenvalue weighted by Crippen LogP contribution is 2.29. The van der Waals surface area contributed by atoms with Gasteiger partial charge < -0.3 is 5.32 Å². The van der Waals surface area contributed by atoms with E-state index in [2.05, 4.69) is 54.1 Å². The van der Waals surface area contributed by atoms with Crippen molar-refractivity contribution in [2.45, 2.75) is 18.7 Å². The van der Waals surface area contributed by atoms with Crippen LogP contribution in [-0.4, -0.2) is 4.98 Å². The van der Waals surface area contributed by atoms with E-state index in [1.165, 1.54) is 5.56 Å². The van der Waals surface area contributed by atoms with Crippen LogP contribution in [0.1, 0.15) is 11.3 Å². The van der Waals surface area contributed by atoms with Gasteiger partial charge in [0.2, 0.25) is 0 Å². The van der Waals surface area contributed by atoms with Gasteiger partial charge >= 0.3 is 0 Å². The quantitative estimate of drug-likeness (QED) is 0.654. The number of pyridine rings is 1. The van der Waals surface area contributed by atoms with Gasteiger partial charge in [0.05, 0.1) is 11.2 Å². The molecule has 0 bridgehead atoms.